The summed E-state index contributed by atoms with van der Waals surface area (Å²) in [5.74, 6) is 1.51. The number of pyridine rings is 1. The normalized spacial score (nSPS) is 15.9. The van der Waals surface area contributed by atoms with Crippen molar-refractivity contribution in [2.75, 3.05) is 32.6 Å². The maximum Gasteiger partial charge on any atom is 0.227 e. The molecule has 1 aliphatic heterocycles. The predicted molar refractivity (Wildman–Crippen MR) is 129 cm³/mol. The maximum atomic E-state index is 13.5. The second-order valence-electron chi connectivity index (χ2n) is 8.68. The number of ether oxygens (including phenoxy) is 1. The molecule has 3 heterocycles. The monoisotopic (exact) mass is 445 g/mol. The third-order valence-corrected chi connectivity index (χ3v) is 6.14. The smallest absolute Gasteiger partial charge is 0.227 e. The standard InChI is InChI=1S/C26H31N5O2/c1-18-16-27-12-11-21(18)22-17-28-26(30(2)3)29-25(22)23-10-5-6-13-31(23)24(32)15-19-8-7-9-20(14-19)33-4/h7-9,11-12,14,16-17,23H,5-6,10,13,15H2,1-4H3/t23-/m1/s1. The van der Waals surface area contributed by atoms with Crippen LogP contribution >= 0.6 is 0 Å². The number of methoxy groups -OCH3 is 1. The fourth-order valence-electron chi connectivity index (χ4n) is 4.41. The van der Waals surface area contributed by atoms with Crippen LogP contribution in [0.1, 0.15) is 42.1 Å². The van der Waals surface area contributed by atoms with Crippen molar-refractivity contribution in [3.8, 4) is 16.9 Å². The van der Waals surface area contributed by atoms with Gasteiger partial charge >= 0.3 is 0 Å². The molecule has 1 aromatic carbocycles. The topological polar surface area (TPSA) is 71.5 Å². The minimum atomic E-state index is -0.0962. The van der Waals surface area contributed by atoms with E-state index in [0.29, 0.717) is 12.4 Å². The Labute approximate surface area is 195 Å². The summed E-state index contributed by atoms with van der Waals surface area (Å²) >= 11 is 0. The van der Waals surface area contributed by atoms with E-state index >= 15 is 0 Å². The van der Waals surface area contributed by atoms with E-state index < -0.39 is 0 Å². The Bertz CT molecular complexity index is 1130. The molecule has 0 spiro atoms. The van der Waals surface area contributed by atoms with Crippen LogP contribution in [0, 0.1) is 6.92 Å². The Kier molecular flexibility index (Phi) is 6.87. The van der Waals surface area contributed by atoms with Crippen LogP contribution in [-0.2, 0) is 11.2 Å². The molecule has 172 valence electrons. The molecule has 0 radical (unpaired) electrons. The molecule has 1 aliphatic rings. The first kappa shape index (κ1) is 22.7. The van der Waals surface area contributed by atoms with E-state index in [9.17, 15) is 4.79 Å². The van der Waals surface area contributed by atoms with Crippen molar-refractivity contribution in [2.24, 2.45) is 0 Å². The number of aryl methyl sites for hydroxylation is 1. The molecule has 4 rings (SSSR count). The quantitative estimate of drug-likeness (QED) is 0.566. The van der Waals surface area contributed by atoms with E-state index in [-0.39, 0.29) is 11.9 Å². The lowest BCUT2D eigenvalue weighted by molar-refractivity contribution is -0.134. The Morgan fingerprint density at radius 3 is 2.79 bits per heavy atom. The molecule has 0 bridgehead atoms. The first-order valence-corrected chi connectivity index (χ1v) is 11.4. The van der Waals surface area contributed by atoms with E-state index in [0.717, 1.165) is 59.5 Å². The van der Waals surface area contributed by atoms with Crippen LogP contribution in [0.25, 0.3) is 11.1 Å². The number of nitrogens with zero attached hydrogens (tertiary/aromatic N) is 5. The van der Waals surface area contributed by atoms with Crippen LogP contribution in [0.4, 0.5) is 5.95 Å². The number of piperidine rings is 1. The van der Waals surface area contributed by atoms with Gasteiger partial charge < -0.3 is 14.5 Å². The third kappa shape index (κ3) is 4.97. The van der Waals surface area contributed by atoms with Gasteiger partial charge in [-0.1, -0.05) is 12.1 Å². The van der Waals surface area contributed by atoms with Gasteiger partial charge in [-0.25, -0.2) is 9.97 Å². The number of hydrogen-bond donors (Lipinski definition) is 0. The number of carbonyl (C=O) groups excluding carboxylic acids is 1. The summed E-state index contributed by atoms with van der Waals surface area (Å²) in [6, 6.07) is 9.62. The lowest BCUT2D eigenvalue weighted by atomic mass is 9.92. The van der Waals surface area contributed by atoms with E-state index in [1.54, 1.807) is 13.3 Å². The molecule has 0 saturated carbocycles. The van der Waals surface area contributed by atoms with Crippen LogP contribution < -0.4 is 9.64 Å². The summed E-state index contributed by atoms with van der Waals surface area (Å²) < 4.78 is 5.33. The van der Waals surface area contributed by atoms with Crippen molar-refractivity contribution in [3.05, 3.63) is 65.7 Å². The Morgan fingerprint density at radius 1 is 1.18 bits per heavy atom. The largest absolute Gasteiger partial charge is 0.497 e. The molecule has 3 aromatic rings. The molecule has 7 nitrogen and oxygen atoms in total. The predicted octanol–water partition coefficient (Wildman–Crippen LogP) is 4.22. The van der Waals surface area contributed by atoms with Gasteiger partial charge in [0.05, 0.1) is 25.3 Å². The van der Waals surface area contributed by atoms with Crippen LogP contribution in [0.15, 0.2) is 48.9 Å². The van der Waals surface area contributed by atoms with Gasteiger partial charge in [0.15, 0.2) is 0 Å². The molecular formula is C26H31N5O2. The first-order chi connectivity index (χ1) is 16.0. The molecule has 1 atom stereocenters. The highest BCUT2D eigenvalue weighted by Gasteiger charge is 2.32. The molecule has 33 heavy (non-hydrogen) atoms. The highest BCUT2D eigenvalue weighted by atomic mass is 16.5. The SMILES string of the molecule is COc1cccc(CC(=O)N2CCCC[C@@H]2c2nc(N(C)C)ncc2-c2ccncc2C)c1. The zero-order chi connectivity index (χ0) is 23.4. The number of anilines is 1. The minimum absolute atomic E-state index is 0.0962. The van der Waals surface area contributed by atoms with Gasteiger partial charge in [0.2, 0.25) is 11.9 Å². The minimum Gasteiger partial charge on any atom is -0.497 e. The zero-order valence-electron chi connectivity index (χ0n) is 19.8. The number of aromatic nitrogens is 3. The number of carbonyl (C=O) groups is 1. The van der Waals surface area contributed by atoms with Gasteiger partial charge in [0, 0.05) is 44.8 Å². The lowest BCUT2D eigenvalue weighted by Crippen LogP contribution is -2.40. The molecule has 7 heteroatoms. The van der Waals surface area contributed by atoms with Crippen LogP contribution in [-0.4, -0.2) is 53.5 Å². The molecule has 0 N–H and O–H groups in total. The highest BCUT2D eigenvalue weighted by molar-refractivity contribution is 5.80. The second kappa shape index (κ2) is 9.98. The van der Waals surface area contributed by atoms with Gasteiger partial charge in [0.1, 0.15) is 5.75 Å². The fourth-order valence-corrected chi connectivity index (χ4v) is 4.41. The van der Waals surface area contributed by atoms with Crippen molar-refractivity contribution in [2.45, 2.75) is 38.6 Å². The first-order valence-electron chi connectivity index (χ1n) is 11.4. The summed E-state index contributed by atoms with van der Waals surface area (Å²) in [5, 5.41) is 0. The van der Waals surface area contributed by atoms with Crippen molar-refractivity contribution in [1.82, 2.24) is 19.9 Å². The number of amides is 1. The average Bonchev–Trinajstić information content (AvgIpc) is 2.84. The van der Waals surface area contributed by atoms with Gasteiger partial charge in [-0.2, -0.15) is 0 Å². The fraction of sp³-hybridized carbons (Fsp3) is 0.385. The summed E-state index contributed by atoms with van der Waals surface area (Å²) in [6.45, 7) is 2.77. The summed E-state index contributed by atoms with van der Waals surface area (Å²) in [7, 11) is 5.51. The molecule has 2 aromatic heterocycles. The van der Waals surface area contributed by atoms with Gasteiger partial charge in [-0.05, 0) is 61.1 Å². The van der Waals surface area contributed by atoms with Crippen LogP contribution in [0.5, 0.6) is 5.75 Å². The van der Waals surface area contributed by atoms with Gasteiger partial charge in [-0.3, -0.25) is 9.78 Å². The Hall–Kier alpha value is -3.48. The zero-order valence-corrected chi connectivity index (χ0v) is 19.8. The van der Waals surface area contributed by atoms with Gasteiger partial charge in [0.25, 0.3) is 0 Å². The number of hydrogen-bond acceptors (Lipinski definition) is 6. The van der Waals surface area contributed by atoms with E-state index in [2.05, 4.69) is 9.97 Å². The highest BCUT2D eigenvalue weighted by Crippen LogP contribution is 2.37. The second-order valence-corrected chi connectivity index (χ2v) is 8.68. The van der Waals surface area contributed by atoms with E-state index in [1.807, 2.05) is 73.5 Å². The number of likely N-dealkylation sites (tertiary alicyclic amines) is 1. The molecular weight excluding hydrogens is 414 g/mol. The summed E-state index contributed by atoms with van der Waals surface area (Å²) in [6.07, 6.45) is 8.80. The average molecular weight is 446 g/mol. The maximum absolute atomic E-state index is 13.5. The van der Waals surface area contributed by atoms with Crippen molar-refractivity contribution < 1.29 is 9.53 Å². The Balaban J connectivity index is 1.72. The molecule has 0 aliphatic carbocycles. The summed E-state index contributed by atoms with van der Waals surface area (Å²) in [5.41, 5.74) is 4.93. The molecule has 1 saturated heterocycles. The van der Waals surface area contributed by atoms with Crippen molar-refractivity contribution in [1.29, 1.82) is 0 Å². The molecule has 1 fully saturated rings. The number of benzene rings is 1. The Morgan fingerprint density at radius 2 is 2.03 bits per heavy atom. The van der Waals surface area contributed by atoms with Crippen molar-refractivity contribution in [3.63, 3.8) is 0 Å². The van der Waals surface area contributed by atoms with E-state index in [1.165, 1.54) is 0 Å². The summed E-state index contributed by atoms with van der Waals surface area (Å²) in [4.78, 5) is 31.2. The number of rotatable bonds is 6. The molecule has 1 amide bonds. The lowest BCUT2D eigenvalue weighted by Gasteiger charge is -2.36. The molecule has 0 unspecified atom stereocenters. The third-order valence-electron chi connectivity index (χ3n) is 6.14. The van der Waals surface area contributed by atoms with Crippen LogP contribution in [0.3, 0.4) is 0 Å². The van der Waals surface area contributed by atoms with Crippen molar-refractivity contribution >= 4 is 11.9 Å². The van der Waals surface area contributed by atoms with E-state index in [4.69, 9.17) is 9.72 Å². The van der Waals surface area contributed by atoms with Gasteiger partial charge in [-0.15, -0.1) is 0 Å². The van der Waals surface area contributed by atoms with Crippen LogP contribution in [0.2, 0.25) is 0 Å².